The first-order chi connectivity index (χ1) is 8.52. The van der Waals surface area contributed by atoms with Gasteiger partial charge in [0.15, 0.2) is 0 Å². The second-order valence-corrected chi connectivity index (χ2v) is 5.41. The Morgan fingerprint density at radius 3 is 2.83 bits per heavy atom. The first-order valence-corrected chi connectivity index (χ1v) is 6.62. The van der Waals surface area contributed by atoms with Crippen LogP contribution in [0.25, 0.3) is 0 Å². The third-order valence-electron chi connectivity index (χ3n) is 3.45. The summed E-state index contributed by atoms with van der Waals surface area (Å²) >= 11 is 3.50. The number of carboxylic acids is 1. The van der Waals surface area contributed by atoms with Gasteiger partial charge in [0.2, 0.25) is 0 Å². The monoisotopic (exact) mass is 313 g/mol. The molecule has 0 spiro atoms. The number of carboxylic acid groups (broad SMARTS) is 1. The van der Waals surface area contributed by atoms with E-state index in [1.807, 2.05) is 19.1 Å². The van der Waals surface area contributed by atoms with Crippen LogP contribution in [0.1, 0.15) is 23.6 Å². The van der Waals surface area contributed by atoms with Crippen LogP contribution < -0.4 is 10.1 Å². The lowest BCUT2D eigenvalue weighted by Crippen LogP contribution is -2.17. The molecule has 0 saturated carbocycles. The maximum absolute atomic E-state index is 11.0. The number of carbonyl (C=O) groups is 1. The summed E-state index contributed by atoms with van der Waals surface area (Å²) in [4.78, 5) is 11.0. The Labute approximate surface area is 114 Å². The van der Waals surface area contributed by atoms with Crippen molar-refractivity contribution in [3.63, 3.8) is 0 Å². The molecule has 98 valence electrons. The highest BCUT2D eigenvalue weighted by molar-refractivity contribution is 9.10. The lowest BCUT2D eigenvalue weighted by atomic mass is 9.96. The van der Waals surface area contributed by atoms with Gasteiger partial charge in [-0.1, -0.05) is 15.9 Å². The van der Waals surface area contributed by atoms with Crippen LogP contribution in [-0.4, -0.2) is 24.7 Å². The highest BCUT2D eigenvalue weighted by Crippen LogP contribution is 2.35. The molecule has 1 aromatic rings. The van der Waals surface area contributed by atoms with Crippen molar-refractivity contribution in [2.75, 3.05) is 13.7 Å². The summed E-state index contributed by atoms with van der Waals surface area (Å²) in [6, 6.07) is 3.97. The zero-order valence-electron chi connectivity index (χ0n) is 10.4. The van der Waals surface area contributed by atoms with Crippen LogP contribution in [0.3, 0.4) is 0 Å². The molecule has 1 aromatic carbocycles. The van der Waals surface area contributed by atoms with Gasteiger partial charge in [-0.05, 0) is 36.6 Å². The van der Waals surface area contributed by atoms with Crippen molar-refractivity contribution in [2.45, 2.75) is 19.4 Å². The second kappa shape index (κ2) is 5.28. The fourth-order valence-corrected chi connectivity index (χ4v) is 2.77. The average Bonchev–Trinajstić information content (AvgIpc) is 2.82. The normalized spacial score (nSPS) is 23.1. The Bertz CT molecular complexity index is 476. The van der Waals surface area contributed by atoms with Crippen molar-refractivity contribution in [3.8, 4) is 5.75 Å². The van der Waals surface area contributed by atoms with Crippen LogP contribution in [0.15, 0.2) is 16.6 Å². The minimum atomic E-state index is -0.732. The molecule has 0 bridgehead atoms. The molecule has 2 atom stereocenters. The van der Waals surface area contributed by atoms with E-state index in [0.29, 0.717) is 13.0 Å². The van der Waals surface area contributed by atoms with Gasteiger partial charge >= 0.3 is 5.97 Å². The van der Waals surface area contributed by atoms with E-state index < -0.39 is 5.97 Å². The summed E-state index contributed by atoms with van der Waals surface area (Å²) < 4.78 is 6.23. The molecule has 0 aliphatic carbocycles. The minimum Gasteiger partial charge on any atom is -0.497 e. The highest BCUT2D eigenvalue weighted by Gasteiger charge is 2.31. The minimum absolute atomic E-state index is 0.0810. The van der Waals surface area contributed by atoms with Crippen molar-refractivity contribution >= 4 is 21.9 Å². The zero-order valence-corrected chi connectivity index (χ0v) is 12.0. The number of hydrogen-bond donors (Lipinski definition) is 2. The van der Waals surface area contributed by atoms with Crippen LogP contribution in [-0.2, 0) is 4.79 Å². The van der Waals surface area contributed by atoms with E-state index in [2.05, 4.69) is 21.2 Å². The van der Waals surface area contributed by atoms with Crippen LogP contribution in [0, 0.1) is 12.8 Å². The average molecular weight is 314 g/mol. The van der Waals surface area contributed by atoms with E-state index in [0.717, 1.165) is 21.3 Å². The summed E-state index contributed by atoms with van der Waals surface area (Å²) in [5.74, 6) is -0.257. The van der Waals surface area contributed by atoms with E-state index in [9.17, 15) is 4.79 Å². The smallest absolute Gasteiger partial charge is 0.307 e. The first kappa shape index (κ1) is 13.4. The summed E-state index contributed by atoms with van der Waals surface area (Å²) in [5.41, 5.74) is 2.23. The maximum Gasteiger partial charge on any atom is 0.307 e. The molecule has 0 radical (unpaired) electrons. The number of methoxy groups -OCH3 is 1. The number of aliphatic carboxylic acids is 1. The Balaban J connectivity index is 2.29. The third-order valence-corrected chi connectivity index (χ3v) is 4.27. The predicted molar refractivity (Wildman–Crippen MR) is 71.9 cm³/mol. The van der Waals surface area contributed by atoms with Gasteiger partial charge < -0.3 is 15.2 Å². The van der Waals surface area contributed by atoms with Gasteiger partial charge in [-0.2, -0.15) is 0 Å². The summed E-state index contributed by atoms with van der Waals surface area (Å²) in [5, 5.41) is 12.3. The molecule has 1 fully saturated rings. The second-order valence-electron chi connectivity index (χ2n) is 4.56. The first-order valence-electron chi connectivity index (χ1n) is 5.83. The maximum atomic E-state index is 11.0. The lowest BCUT2D eigenvalue weighted by Gasteiger charge is -2.16. The number of rotatable bonds is 3. The number of ether oxygens (including phenoxy) is 1. The van der Waals surface area contributed by atoms with E-state index >= 15 is 0 Å². The Hall–Kier alpha value is -1.07. The standard InChI is InChI=1S/C13H16BrNO3/c1-7-10(4-9(18-2)5-11(7)14)12-3-8(6-15-12)13(16)17/h4-5,8,12,15H,3,6H2,1-2H3,(H,16,17). The quantitative estimate of drug-likeness (QED) is 0.900. The number of nitrogens with one attached hydrogen (secondary N) is 1. The summed E-state index contributed by atoms with van der Waals surface area (Å²) in [6.45, 7) is 2.54. The van der Waals surface area contributed by atoms with Crippen molar-refractivity contribution in [3.05, 3.63) is 27.7 Å². The number of hydrogen-bond acceptors (Lipinski definition) is 3. The van der Waals surface area contributed by atoms with Gasteiger partial charge in [0.25, 0.3) is 0 Å². The molecule has 18 heavy (non-hydrogen) atoms. The third kappa shape index (κ3) is 2.52. The van der Waals surface area contributed by atoms with E-state index in [4.69, 9.17) is 9.84 Å². The lowest BCUT2D eigenvalue weighted by molar-refractivity contribution is -0.141. The molecule has 1 aliphatic heterocycles. The van der Waals surface area contributed by atoms with Gasteiger partial charge in [-0.25, -0.2) is 0 Å². The van der Waals surface area contributed by atoms with Crippen molar-refractivity contribution in [1.29, 1.82) is 0 Å². The molecule has 5 heteroatoms. The number of halogens is 1. The molecule has 1 aliphatic rings. The van der Waals surface area contributed by atoms with Gasteiger partial charge in [0.05, 0.1) is 13.0 Å². The van der Waals surface area contributed by atoms with Gasteiger partial charge in [-0.3, -0.25) is 4.79 Å². The zero-order chi connectivity index (χ0) is 13.3. The van der Waals surface area contributed by atoms with Crippen LogP contribution in [0.2, 0.25) is 0 Å². The molecule has 2 unspecified atom stereocenters. The predicted octanol–water partition coefficient (Wildman–Crippen LogP) is 2.50. The number of benzene rings is 1. The molecule has 2 rings (SSSR count). The summed E-state index contributed by atoms with van der Waals surface area (Å²) in [7, 11) is 1.63. The Morgan fingerprint density at radius 1 is 1.56 bits per heavy atom. The molecule has 2 N–H and O–H groups in total. The molecule has 1 saturated heterocycles. The van der Waals surface area contributed by atoms with Crippen LogP contribution in [0.5, 0.6) is 5.75 Å². The molecule has 4 nitrogen and oxygen atoms in total. The highest BCUT2D eigenvalue weighted by atomic mass is 79.9. The SMILES string of the molecule is COc1cc(Br)c(C)c(C2CC(C(=O)O)CN2)c1. The molecule has 1 heterocycles. The Morgan fingerprint density at radius 2 is 2.28 bits per heavy atom. The molecule has 0 amide bonds. The van der Waals surface area contributed by atoms with E-state index in [-0.39, 0.29) is 12.0 Å². The molecular formula is C13H16BrNO3. The summed E-state index contributed by atoms with van der Waals surface area (Å²) in [6.07, 6.45) is 0.621. The Kier molecular flexibility index (Phi) is 3.92. The largest absolute Gasteiger partial charge is 0.497 e. The van der Waals surface area contributed by atoms with Crippen molar-refractivity contribution in [1.82, 2.24) is 5.32 Å². The van der Waals surface area contributed by atoms with Crippen molar-refractivity contribution in [2.24, 2.45) is 5.92 Å². The fourth-order valence-electron chi connectivity index (χ4n) is 2.31. The fraction of sp³-hybridized carbons (Fsp3) is 0.462. The van der Waals surface area contributed by atoms with Crippen LogP contribution >= 0.6 is 15.9 Å². The topological polar surface area (TPSA) is 58.6 Å². The molecule has 0 aromatic heterocycles. The van der Waals surface area contributed by atoms with Gasteiger partial charge in [0, 0.05) is 17.1 Å². The van der Waals surface area contributed by atoms with Gasteiger partial charge in [-0.15, -0.1) is 0 Å². The van der Waals surface area contributed by atoms with Crippen LogP contribution in [0.4, 0.5) is 0 Å². The van der Waals surface area contributed by atoms with Crippen molar-refractivity contribution < 1.29 is 14.6 Å². The van der Waals surface area contributed by atoms with E-state index in [1.54, 1.807) is 7.11 Å². The van der Waals surface area contributed by atoms with E-state index in [1.165, 1.54) is 0 Å². The molecular weight excluding hydrogens is 298 g/mol. The van der Waals surface area contributed by atoms with Gasteiger partial charge in [0.1, 0.15) is 5.75 Å².